The van der Waals surface area contributed by atoms with Crippen molar-refractivity contribution in [3.05, 3.63) is 18.2 Å². The Morgan fingerprint density at radius 2 is 2.24 bits per heavy atom. The van der Waals surface area contributed by atoms with E-state index in [-0.39, 0.29) is 6.42 Å². The third-order valence-corrected chi connectivity index (χ3v) is 1.54. The Morgan fingerprint density at radius 3 is 2.53 bits per heavy atom. The number of hydrogen-bond acceptors (Lipinski definition) is 3. The molecule has 1 heterocycles. The van der Waals surface area contributed by atoms with Gasteiger partial charge in [0.25, 0.3) is 0 Å². The molecule has 0 radical (unpaired) electrons. The lowest BCUT2D eigenvalue weighted by molar-refractivity contribution is -0.137. The van der Waals surface area contributed by atoms with Gasteiger partial charge in [-0.1, -0.05) is 0 Å². The number of alkyl halides is 3. The molecular formula is C9H14F3N3O2. The smallest absolute Gasteiger partial charge is 0.401 e. The summed E-state index contributed by atoms with van der Waals surface area (Å²) in [4.78, 5) is 16.6. The largest absolute Gasteiger partial charge is 0.481 e. The number of carboxylic acid groups (broad SMARTS) is 1. The number of carboxylic acids is 1. The van der Waals surface area contributed by atoms with Crippen LogP contribution in [0, 0.1) is 0 Å². The predicted octanol–water partition coefficient (Wildman–Crippen LogP) is 1.19. The number of hydrogen-bond donors (Lipinski definition) is 3. The van der Waals surface area contributed by atoms with Crippen LogP contribution in [0.4, 0.5) is 13.2 Å². The minimum atomic E-state index is -4.06. The highest BCUT2D eigenvalue weighted by atomic mass is 19.4. The quantitative estimate of drug-likeness (QED) is 0.753. The predicted molar refractivity (Wildman–Crippen MR) is 54.5 cm³/mol. The number of imidazole rings is 1. The van der Waals surface area contributed by atoms with Crippen molar-refractivity contribution >= 4 is 5.97 Å². The van der Waals surface area contributed by atoms with E-state index in [0.717, 1.165) is 5.69 Å². The molecule has 3 N–H and O–H groups in total. The number of aliphatic carboxylic acids is 1. The van der Waals surface area contributed by atoms with Gasteiger partial charge in [-0.25, -0.2) is 4.98 Å². The van der Waals surface area contributed by atoms with Crippen LogP contribution in [-0.2, 0) is 11.2 Å². The Morgan fingerprint density at radius 1 is 1.59 bits per heavy atom. The fourth-order valence-corrected chi connectivity index (χ4v) is 0.863. The molecule has 98 valence electrons. The molecule has 8 heteroatoms. The van der Waals surface area contributed by atoms with E-state index in [1.165, 1.54) is 13.4 Å². The van der Waals surface area contributed by atoms with Gasteiger partial charge in [0, 0.05) is 11.9 Å². The molecule has 0 saturated heterocycles. The third-order valence-electron chi connectivity index (χ3n) is 1.54. The number of nitrogens with zero attached hydrogens (tertiary/aromatic N) is 1. The number of aryl methyl sites for hydroxylation is 1. The standard InChI is InChI=1S/C6H8N2O2.C3H6F3N/c9-6(10)2-1-5-3-7-4-8-5;1-7-2-3(4,5)6/h3-4H,1-2H2,(H,7,8)(H,9,10);7H,2H2,1H3. The van der Waals surface area contributed by atoms with E-state index in [1.54, 1.807) is 6.20 Å². The summed E-state index contributed by atoms with van der Waals surface area (Å²) in [5, 5.41) is 10.3. The van der Waals surface area contributed by atoms with E-state index in [9.17, 15) is 18.0 Å². The first-order valence-corrected chi connectivity index (χ1v) is 4.75. The molecule has 0 aromatic carbocycles. The molecule has 1 aromatic heterocycles. The van der Waals surface area contributed by atoms with Gasteiger partial charge < -0.3 is 15.4 Å². The number of carbonyl (C=O) groups is 1. The number of aromatic amines is 1. The summed E-state index contributed by atoms with van der Waals surface area (Å²) in [6.45, 7) is -0.910. The molecule has 1 aromatic rings. The summed E-state index contributed by atoms with van der Waals surface area (Å²) in [7, 11) is 1.26. The van der Waals surface area contributed by atoms with E-state index < -0.39 is 18.7 Å². The lowest BCUT2D eigenvalue weighted by atomic mass is 10.2. The fraction of sp³-hybridized carbons (Fsp3) is 0.556. The number of rotatable bonds is 4. The van der Waals surface area contributed by atoms with Crippen molar-refractivity contribution < 1.29 is 23.1 Å². The molecule has 0 unspecified atom stereocenters. The molecular weight excluding hydrogens is 239 g/mol. The van der Waals surface area contributed by atoms with Crippen molar-refractivity contribution in [3.63, 3.8) is 0 Å². The topological polar surface area (TPSA) is 78.0 Å². The second-order valence-corrected chi connectivity index (χ2v) is 3.12. The van der Waals surface area contributed by atoms with E-state index in [4.69, 9.17) is 5.11 Å². The Kier molecular flexibility index (Phi) is 6.95. The summed E-state index contributed by atoms with van der Waals surface area (Å²) in [6.07, 6.45) is -0.216. The average Bonchev–Trinajstić information content (AvgIpc) is 2.66. The number of nitrogens with one attached hydrogen (secondary N) is 2. The highest BCUT2D eigenvalue weighted by Crippen LogP contribution is 2.11. The minimum Gasteiger partial charge on any atom is -0.481 e. The maximum Gasteiger partial charge on any atom is 0.401 e. The maximum absolute atomic E-state index is 11.0. The Bertz CT molecular complexity index is 312. The summed E-state index contributed by atoms with van der Waals surface area (Å²) in [6, 6.07) is 0. The second kappa shape index (κ2) is 7.66. The van der Waals surface area contributed by atoms with E-state index >= 15 is 0 Å². The molecule has 0 aliphatic rings. The van der Waals surface area contributed by atoms with Gasteiger partial charge in [-0.15, -0.1) is 0 Å². The van der Waals surface area contributed by atoms with Crippen LogP contribution in [0.3, 0.4) is 0 Å². The van der Waals surface area contributed by atoms with Crippen LogP contribution < -0.4 is 5.32 Å². The molecule has 0 amide bonds. The lowest BCUT2D eigenvalue weighted by Crippen LogP contribution is -2.25. The fourth-order valence-electron chi connectivity index (χ4n) is 0.863. The molecule has 0 aliphatic heterocycles. The monoisotopic (exact) mass is 253 g/mol. The van der Waals surface area contributed by atoms with Gasteiger partial charge in [0.1, 0.15) is 0 Å². The Hall–Kier alpha value is -1.57. The van der Waals surface area contributed by atoms with Crippen molar-refractivity contribution in [2.45, 2.75) is 19.0 Å². The van der Waals surface area contributed by atoms with Crippen molar-refractivity contribution in [3.8, 4) is 0 Å². The zero-order chi connectivity index (χ0) is 13.3. The first-order valence-electron chi connectivity index (χ1n) is 4.75. The zero-order valence-corrected chi connectivity index (χ0v) is 9.21. The van der Waals surface area contributed by atoms with Gasteiger partial charge in [0.05, 0.1) is 19.3 Å². The SMILES string of the molecule is CNCC(F)(F)F.O=C(O)CCc1cnc[nH]1. The number of aromatic nitrogens is 2. The molecule has 0 atom stereocenters. The van der Waals surface area contributed by atoms with Crippen molar-refractivity contribution in [2.75, 3.05) is 13.6 Å². The van der Waals surface area contributed by atoms with E-state index in [0.29, 0.717) is 6.42 Å². The van der Waals surface area contributed by atoms with E-state index in [1.807, 2.05) is 5.32 Å². The van der Waals surface area contributed by atoms with Crippen LogP contribution in [-0.4, -0.2) is 40.8 Å². The molecule has 0 saturated carbocycles. The first-order chi connectivity index (χ1) is 7.85. The number of H-pyrrole nitrogens is 1. The molecule has 0 bridgehead atoms. The van der Waals surface area contributed by atoms with Gasteiger partial charge in [-0.2, -0.15) is 13.2 Å². The average molecular weight is 253 g/mol. The zero-order valence-electron chi connectivity index (χ0n) is 9.21. The molecule has 0 aliphatic carbocycles. The van der Waals surface area contributed by atoms with Crippen LogP contribution >= 0.6 is 0 Å². The summed E-state index contributed by atoms with van der Waals surface area (Å²) in [5.74, 6) is -0.783. The van der Waals surface area contributed by atoms with Crippen molar-refractivity contribution in [2.24, 2.45) is 0 Å². The molecule has 0 spiro atoms. The second-order valence-electron chi connectivity index (χ2n) is 3.12. The number of halogens is 3. The Labute approximate surface area is 96.1 Å². The van der Waals surface area contributed by atoms with Gasteiger partial charge >= 0.3 is 12.1 Å². The van der Waals surface area contributed by atoms with Gasteiger partial charge in [-0.05, 0) is 13.5 Å². The maximum atomic E-state index is 11.0. The lowest BCUT2D eigenvalue weighted by Gasteiger charge is -2.01. The molecule has 5 nitrogen and oxygen atoms in total. The van der Waals surface area contributed by atoms with Gasteiger partial charge in [-0.3, -0.25) is 4.79 Å². The summed E-state index contributed by atoms with van der Waals surface area (Å²) in [5.41, 5.74) is 0.863. The highest BCUT2D eigenvalue weighted by molar-refractivity contribution is 5.66. The van der Waals surface area contributed by atoms with Crippen LogP contribution in [0.25, 0.3) is 0 Å². The van der Waals surface area contributed by atoms with Gasteiger partial charge in [0.2, 0.25) is 0 Å². The normalized spacial score (nSPS) is 10.6. The summed E-state index contributed by atoms with van der Waals surface area (Å²) < 4.78 is 33.0. The first kappa shape index (κ1) is 15.4. The van der Waals surface area contributed by atoms with Crippen molar-refractivity contribution in [1.82, 2.24) is 15.3 Å². The molecule has 0 fully saturated rings. The van der Waals surface area contributed by atoms with Crippen LogP contribution in [0.5, 0.6) is 0 Å². The van der Waals surface area contributed by atoms with Crippen LogP contribution in [0.1, 0.15) is 12.1 Å². The van der Waals surface area contributed by atoms with Crippen LogP contribution in [0.15, 0.2) is 12.5 Å². The Balaban J connectivity index is 0.000000325. The molecule has 1 rings (SSSR count). The van der Waals surface area contributed by atoms with Crippen molar-refractivity contribution in [1.29, 1.82) is 0 Å². The minimum absolute atomic E-state index is 0.155. The van der Waals surface area contributed by atoms with Crippen LogP contribution in [0.2, 0.25) is 0 Å². The third kappa shape index (κ3) is 10.7. The van der Waals surface area contributed by atoms with Gasteiger partial charge in [0.15, 0.2) is 0 Å². The van der Waals surface area contributed by atoms with E-state index in [2.05, 4.69) is 9.97 Å². The highest BCUT2D eigenvalue weighted by Gasteiger charge is 2.24. The molecule has 17 heavy (non-hydrogen) atoms. The summed E-state index contributed by atoms with van der Waals surface area (Å²) >= 11 is 0.